The van der Waals surface area contributed by atoms with Crippen LogP contribution in [0.1, 0.15) is 33.5 Å². The third kappa shape index (κ3) is 2.17. The number of carboxylic acid groups (broad SMARTS) is 1. The molecule has 2 aromatic heterocycles. The van der Waals surface area contributed by atoms with Crippen molar-refractivity contribution < 1.29 is 32.3 Å². The van der Waals surface area contributed by atoms with Crippen molar-refractivity contribution in [1.82, 2.24) is 10.2 Å². The first-order chi connectivity index (χ1) is 9.23. The highest BCUT2D eigenvalue weighted by Gasteiger charge is 2.40. The van der Waals surface area contributed by atoms with E-state index < -0.39 is 46.2 Å². The summed E-state index contributed by atoms with van der Waals surface area (Å²) >= 11 is 0. The Morgan fingerprint density at radius 3 is 2.55 bits per heavy atom. The first-order valence-corrected chi connectivity index (χ1v) is 5.21. The smallest absolute Gasteiger partial charge is 0.433 e. The second-order valence-corrected chi connectivity index (χ2v) is 3.84. The van der Waals surface area contributed by atoms with Gasteiger partial charge in [-0.25, -0.2) is 4.79 Å². The van der Waals surface area contributed by atoms with Gasteiger partial charge < -0.3 is 9.52 Å². The van der Waals surface area contributed by atoms with Crippen LogP contribution < -0.4 is 0 Å². The van der Waals surface area contributed by atoms with Crippen LogP contribution in [0, 0.1) is 0 Å². The van der Waals surface area contributed by atoms with Crippen molar-refractivity contribution in [3.8, 4) is 11.3 Å². The quantitative estimate of drug-likeness (QED) is 0.846. The van der Waals surface area contributed by atoms with Gasteiger partial charge in [0.15, 0.2) is 17.2 Å². The average Bonchev–Trinajstić information content (AvgIpc) is 2.93. The molecule has 0 saturated heterocycles. The molecule has 0 saturated carbocycles. The van der Waals surface area contributed by atoms with Crippen LogP contribution in [0.25, 0.3) is 11.3 Å². The van der Waals surface area contributed by atoms with Gasteiger partial charge in [-0.1, -0.05) is 0 Å². The number of nitrogens with zero attached hydrogens (tertiary/aromatic N) is 1. The van der Waals surface area contributed by atoms with Gasteiger partial charge in [-0.05, 0) is 6.07 Å². The highest BCUT2D eigenvalue weighted by atomic mass is 19.4. The summed E-state index contributed by atoms with van der Waals surface area (Å²) in [5.41, 5.74) is -3.05. The number of aromatic nitrogens is 2. The zero-order chi connectivity index (χ0) is 15.1. The topological polar surface area (TPSA) is 96.2 Å². The van der Waals surface area contributed by atoms with Crippen LogP contribution in [0.4, 0.5) is 13.2 Å². The summed E-state index contributed by atoms with van der Waals surface area (Å²) in [7, 11) is 0. The Bertz CT molecular complexity index is 684. The number of carbonyl (C=O) groups excluding carboxylic acids is 1. The van der Waals surface area contributed by atoms with Crippen molar-refractivity contribution in [3.63, 3.8) is 0 Å². The normalized spacial score (nSPS) is 11.6. The lowest BCUT2D eigenvalue weighted by atomic mass is 10.0. The number of alkyl halides is 3. The number of rotatable bonds is 3. The molecule has 0 spiro atoms. The first kappa shape index (κ1) is 13.8. The summed E-state index contributed by atoms with van der Waals surface area (Å²) in [6.07, 6.45) is -3.91. The summed E-state index contributed by atoms with van der Waals surface area (Å²) in [5.74, 6) is -2.79. The monoisotopic (exact) mass is 288 g/mol. The van der Waals surface area contributed by atoms with Crippen molar-refractivity contribution in [1.29, 1.82) is 0 Å². The van der Waals surface area contributed by atoms with E-state index in [0.29, 0.717) is 0 Å². The largest absolute Gasteiger partial charge is 0.478 e. The molecule has 0 unspecified atom stereocenters. The summed E-state index contributed by atoms with van der Waals surface area (Å²) in [6.45, 7) is 1.02. The van der Waals surface area contributed by atoms with Crippen LogP contribution >= 0.6 is 0 Å². The van der Waals surface area contributed by atoms with E-state index in [2.05, 4.69) is 5.10 Å². The molecule has 2 rings (SSSR count). The second-order valence-electron chi connectivity index (χ2n) is 3.84. The average molecular weight is 288 g/mol. The Labute approximate surface area is 109 Å². The maximum absolute atomic E-state index is 12.9. The van der Waals surface area contributed by atoms with E-state index >= 15 is 0 Å². The standard InChI is InChI=1S/C11H7F3N2O4/c1-4(17)7-6(9(16-15-7)11(12,13)14)8-5(10(18)19)2-3-20-8/h2-3H,1H3,(H,15,16)(H,18,19). The Hall–Kier alpha value is -2.58. The zero-order valence-electron chi connectivity index (χ0n) is 9.91. The minimum absolute atomic E-state index is 0.487. The molecule has 0 aliphatic carbocycles. The van der Waals surface area contributed by atoms with Gasteiger partial charge in [0.25, 0.3) is 0 Å². The van der Waals surface area contributed by atoms with E-state index in [0.717, 1.165) is 19.3 Å². The second kappa shape index (κ2) is 4.51. The Morgan fingerprint density at radius 1 is 1.40 bits per heavy atom. The van der Waals surface area contributed by atoms with Crippen LogP contribution in [0.2, 0.25) is 0 Å². The minimum atomic E-state index is -4.83. The Morgan fingerprint density at radius 2 is 2.05 bits per heavy atom. The minimum Gasteiger partial charge on any atom is -0.478 e. The van der Waals surface area contributed by atoms with Gasteiger partial charge in [-0.15, -0.1) is 0 Å². The summed E-state index contributed by atoms with van der Waals surface area (Å²) in [4.78, 5) is 22.3. The van der Waals surface area contributed by atoms with Crippen LogP contribution in [0.15, 0.2) is 16.7 Å². The van der Waals surface area contributed by atoms with E-state index in [1.807, 2.05) is 0 Å². The predicted molar refractivity (Wildman–Crippen MR) is 58.3 cm³/mol. The predicted octanol–water partition coefficient (Wildman–Crippen LogP) is 2.59. The van der Waals surface area contributed by atoms with Gasteiger partial charge in [0, 0.05) is 6.92 Å². The lowest BCUT2D eigenvalue weighted by molar-refractivity contribution is -0.140. The van der Waals surface area contributed by atoms with E-state index in [1.54, 1.807) is 5.10 Å². The highest BCUT2D eigenvalue weighted by molar-refractivity contribution is 6.02. The van der Waals surface area contributed by atoms with Gasteiger partial charge in [-0.3, -0.25) is 9.89 Å². The molecule has 106 valence electrons. The zero-order valence-corrected chi connectivity index (χ0v) is 9.91. The van der Waals surface area contributed by atoms with Gasteiger partial charge in [-0.2, -0.15) is 18.3 Å². The van der Waals surface area contributed by atoms with Gasteiger partial charge in [0.1, 0.15) is 11.3 Å². The summed E-state index contributed by atoms with van der Waals surface area (Å²) in [5, 5.41) is 13.9. The van der Waals surface area contributed by atoms with Crippen molar-refractivity contribution in [3.05, 3.63) is 29.3 Å². The molecule has 2 N–H and O–H groups in total. The molecular weight excluding hydrogens is 281 g/mol. The highest BCUT2D eigenvalue weighted by Crippen LogP contribution is 2.39. The van der Waals surface area contributed by atoms with E-state index in [9.17, 15) is 22.8 Å². The van der Waals surface area contributed by atoms with Crippen molar-refractivity contribution in [2.75, 3.05) is 0 Å². The number of aromatic carboxylic acids is 1. The van der Waals surface area contributed by atoms with Gasteiger partial charge in [0.2, 0.25) is 0 Å². The van der Waals surface area contributed by atoms with E-state index in [-0.39, 0.29) is 0 Å². The molecule has 6 nitrogen and oxygen atoms in total. The van der Waals surface area contributed by atoms with E-state index in [4.69, 9.17) is 9.52 Å². The lowest BCUT2D eigenvalue weighted by Crippen LogP contribution is -2.09. The SMILES string of the molecule is CC(=O)c1n[nH]c(C(F)(F)F)c1-c1occc1C(=O)O. The molecule has 2 heterocycles. The summed E-state index contributed by atoms with van der Waals surface area (Å²) < 4.78 is 43.4. The number of halogens is 3. The molecule has 0 fully saturated rings. The summed E-state index contributed by atoms with van der Waals surface area (Å²) in [6, 6.07) is 0.995. The number of carboxylic acids is 1. The third-order valence-corrected chi connectivity index (χ3v) is 2.51. The molecule has 0 radical (unpaired) electrons. The lowest BCUT2D eigenvalue weighted by Gasteiger charge is -2.06. The maximum Gasteiger partial charge on any atom is 0.433 e. The number of hydrogen-bond acceptors (Lipinski definition) is 4. The molecule has 0 aliphatic rings. The fourth-order valence-corrected chi connectivity index (χ4v) is 1.69. The van der Waals surface area contributed by atoms with E-state index in [1.165, 1.54) is 0 Å². The Kier molecular flexibility index (Phi) is 3.12. The molecular formula is C11H7F3N2O4. The number of hydrogen-bond donors (Lipinski definition) is 2. The molecule has 0 aliphatic heterocycles. The number of H-pyrrole nitrogens is 1. The number of nitrogens with one attached hydrogen (secondary N) is 1. The molecule has 9 heteroatoms. The van der Waals surface area contributed by atoms with Crippen LogP contribution in [0.5, 0.6) is 0 Å². The fourth-order valence-electron chi connectivity index (χ4n) is 1.69. The van der Waals surface area contributed by atoms with Gasteiger partial charge in [0.05, 0.1) is 11.8 Å². The number of Topliss-reactive ketones (excluding diaryl/α,β-unsaturated/α-hetero) is 1. The molecule has 0 amide bonds. The van der Waals surface area contributed by atoms with Crippen molar-refractivity contribution >= 4 is 11.8 Å². The third-order valence-electron chi connectivity index (χ3n) is 2.51. The van der Waals surface area contributed by atoms with Crippen molar-refractivity contribution in [2.45, 2.75) is 13.1 Å². The van der Waals surface area contributed by atoms with Gasteiger partial charge >= 0.3 is 12.1 Å². The Balaban J connectivity index is 2.77. The first-order valence-electron chi connectivity index (χ1n) is 5.21. The molecule has 20 heavy (non-hydrogen) atoms. The maximum atomic E-state index is 12.9. The number of furan rings is 1. The van der Waals surface area contributed by atoms with Crippen LogP contribution in [-0.2, 0) is 6.18 Å². The molecule has 2 aromatic rings. The fraction of sp³-hybridized carbons (Fsp3) is 0.182. The molecule has 0 bridgehead atoms. The van der Waals surface area contributed by atoms with Crippen LogP contribution in [0.3, 0.4) is 0 Å². The number of ketones is 1. The van der Waals surface area contributed by atoms with Crippen LogP contribution in [-0.4, -0.2) is 27.1 Å². The molecule has 0 atom stereocenters. The van der Waals surface area contributed by atoms with Crippen molar-refractivity contribution in [2.24, 2.45) is 0 Å². The molecule has 0 aromatic carbocycles. The number of carbonyl (C=O) groups is 2. The number of aromatic amines is 1.